The van der Waals surface area contributed by atoms with Gasteiger partial charge in [0.25, 0.3) is 0 Å². The maximum atomic E-state index is 6.19. The minimum atomic E-state index is 0. The van der Waals surface area contributed by atoms with E-state index >= 15 is 0 Å². The Balaban J connectivity index is 0.00000132. The maximum absolute atomic E-state index is 6.19. The van der Waals surface area contributed by atoms with E-state index in [9.17, 15) is 0 Å². The van der Waals surface area contributed by atoms with Crippen molar-refractivity contribution in [1.82, 2.24) is 0 Å². The Morgan fingerprint density at radius 3 is 2.76 bits per heavy atom. The van der Waals surface area contributed by atoms with Gasteiger partial charge in [-0.25, -0.2) is 0 Å². The molecule has 2 aromatic carbocycles. The minimum absolute atomic E-state index is 0. The van der Waals surface area contributed by atoms with Crippen LogP contribution in [0.15, 0.2) is 42.5 Å². The predicted molar refractivity (Wildman–Crippen MR) is 76.2 cm³/mol. The average molecular weight is 304 g/mol. The molecule has 0 amide bonds. The van der Waals surface area contributed by atoms with E-state index in [1.807, 2.05) is 18.2 Å². The van der Waals surface area contributed by atoms with Crippen molar-refractivity contribution in [3.05, 3.63) is 59.2 Å². The lowest BCUT2D eigenvalue weighted by Crippen LogP contribution is -3.08. The Kier molecular flexibility index (Phi) is 3.89. The zero-order valence-electron chi connectivity index (χ0n) is 11.9. The molecule has 21 heavy (non-hydrogen) atoms. The standard InChI is InChI=1S/C17H17NO2.ClH/c1-18-9-10-19-17-13-6-2-3-7-14(13)20-15-8-4-5-12(11-18)16(15)17;/h2-8,17H,9-11H2,1H3;1H. The summed E-state index contributed by atoms with van der Waals surface area (Å²) in [5.41, 5.74) is 3.69. The molecule has 3 nitrogen and oxygen atoms in total. The molecule has 2 aliphatic rings. The summed E-state index contributed by atoms with van der Waals surface area (Å²) in [5, 5.41) is 0. The van der Waals surface area contributed by atoms with Crippen LogP contribution >= 0.6 is 0 Å². The molecule has 0 aliphatic carbocycles. The van der Waals surface area contributed by atoms with Crippen LogP contribution in [0.4, 0.5) is 0 Å². The molecule has 0 saturated heterocycles. The number of nitrogens with one attached hydrogen (secondary N) is 1. The van der Waals surface area contributed by atoms with Gasteiger partial charge in [-0.05, 0) is 12.1 Å². The number of hydrogen-bond acceptors (Lipinski definition) is 2. The Morgan fingerprint density at radius 1 is 1.05 bits per heavy atom. The summed E-state index contributed by atoms with van der Waals surface area (Å²) in [6.45, 7) is 2.83. The molecule has 2 aromatic rings. The third-order valence-electron chi connectivity index (χ3n) is 4.15. The molecule has 0 aromatic heterocycles. The van der Waals surface area contributed by atoms with E-state index in [2.05, 4.69) is 31.3 Å². The van der Waals surface area contributed by atoms with Crippen LogP contribution in [-0.4, -0.2) is 20.2 Å². The quantitative estimate of drug-likeness (QED) is 0.670. The van der Waals surface area contributed by atoms with E-state index in [0.717, 1.165) is 36.8 Å². The first kappa shape index (κ1) is 14.4. The van der Waals surface area contributed by atoms with Gasteiger partial charge in [-0.2, -0.15) is 0 Å². The number of halogens is 1. The Hall–Kier alpha value is -1.55. The molecule has 2 atom stereocenters. The van der Waals surface area contributed by atoms with Crippen LogP contribution in [0.25, 0.3) is 0 Å². The molecule has 1 N–H and O–H groups in total. The van der Waals surface area contributed by atoms with Crippen molar-refractivity contribution in [1.29, 1.82) is 0 Å². The van der Waals surface area contributed by atoms with Crippen LogP contribution in [-0.2, 0) is 11.3 Å². The maximum Gasteiger partial charge on any atom is 0.134 e. The summed E-state index contributed by atoms with van der Waals surface area (Å²) in [4.78, 5) is 1.47. The lowest BCUT2D eigenvalue weighted by atomic mass is 9.92. The fourth-order valence-corrected chi connectivity index (χ4v) is 3.13. The number of benzene rings is 2. The van der Waals surface area contributed by atoms with Crippen LogP contribution in [0.5, 0.6) is 11.5 Å². The van der Waals surface area contributed by atoms with Crippen molar-refractivity contribution >= 4 is 0 Å². The molecular formula is C17H18ClNO2. The van der Waals surface area contributed by atoms with Gasteiger partial charge < -0.3 is 26.8 Å². The van der Waals surface area contributed by atoms with Gasteiger partial charge in [-0.15, -0.1) is 0 Å². The van der Waals surface area contributed by atoms with Crippen molar-refractivity contribution in [2.75, 3.05) is 20.2 Å². The topological polar surface area (TPSA) is 22.9 Å². The molecule has 0 spiro atoms. The second-order valence-corrected chi connectivity index (χ2v) is 5.60. The normalized spacial score (nSPS) is 22.7. The van der Waals surface area contributed by atoms with Crippen LogP contribution in [0, 0.1) is 0 Å². The molecule has 2 aliphatic heterocycles. The highest BCUT2D eigenvalue weighted by molar-refractivity contribution is 5.54. The Bertz CT molecular complexity index is 659. The molecule has 2 unspecified atom stereocenters. The van der Waals surface area contributed by atoms with Crippen molar-refractivity contribution in [2.24, 2.45) is 0 Å². The molecule has 0 saturated carbocycles. The molecular weight excluding hydrogens is 286 g/mol. The number of likely N-dealkylation sites (N-methyl/N-ethyl adjacent to an activating group) is 1. The summed E-state index contributed by atoms with van der Waals surface area (Å²) < 4.78 is 12.3. The summed E-state index contributed by atoms with van der Waals surface area (Å²) in [6.07, 6.45) is 0.0132. The SMILES string of the molecule is C[NH+]1CCOC2c3ccccc3Oc3cccc(c32)C1.[Cl-]. The van der Waals surface area contributed by atoms with E-state index in [1.54, 1.807) is 0 Å². The van der Waals surface area contributed by atoms with Gasteiger partial charge in [0, 0.05) is 16.7 Å². The van der Waals surface area contributed by atoms with Crippen molar-refractivity contribution < 1.29 is 26.8 Å². The van der Waals surface area contributed by atoms with E-state index in [-0.39, 0.29) is 18.5 Å². The van der Waals surface area contributed by atoms with Crippen LogP contribution in [0.1, 0.15) is 22.8 Å². The number of quaternary nitrogens is 1. The number of para-hydroxylation sites is 1. The zero-order valence-corrected chi connectivity index (χ0v) is 12.7. The molecule has 110 valence electrons. The first-order valence-corrected chi connectivity index (χ1v) is 7.14. The van der Waals surface area contributed by atoms with Gasteiger partial charge >= 0.3 is 0 Å². The summed E-state index contributed by atoms with van der Waals surface area (Å²) in [6, 6.07) is 14.5. The first-order chi connectivity index (χ1) is 9.83. The monoisotopic (exact) mass is 303 g/mol. The van der Waals surface area contributed by atoms with Crippen LogP contribution in [0.2, 0.25) is 0 Å². The molecule has 4 rings (SSSR count). The van der Waals surface area contributed by atoms with Crippen LogP contribution in [0.3, 0.4) is 0 Å². The smallest absolute Gasteiger partial charge is 0.134 e. The number of fused-ring (bicyclic) bond motifs is 2. The summed E-state index contributed by atoms with van der Waals surface area (Å²) >= 11 is 0. The van der Waals surface area contributed by atoms with E-state index < -0.39 is 0 Å². The minimum Gasteiger partial charge on any atom is -1.00 e. The molecule has 0 fully saturated rings. The highest BCUT2D eigenvalue weighted by Crippen LogP contribution is 2.45. The van der Waals surface area contributed by atoms with E-state index in [4.69, 9.17) is 9.47 Å². The average Bonchev–Trinajstić information content (AvgIpc) is 2.44. The Labute approximate surface area is 130 Å². The van der Waals surface area contributed by atoms with Gasteiger partial charge in [0.05, 0.1) is 13.7 Å². The number of rotatable bonds is 0. The predicted octanol–water partition coefficient (Wildman–Crippen LogP) is -1.07. The highest BCUT2D eigenvalue weighted by Gasteiger charge is 2.32. The third kappa shape index (κ3) is 2.42. The molecule has 0 radical (unpaired) electrons. The first-order valence-electron chi connectivity index (χ1n) is 7.14. The van der Waals surface area contributed by atoms with E-state index in [1.165, 1.54) is 16.0 Å². The second-order valence-electron chi connectivity index (χ2n) is 5.60. The lowest BCUT2D eigenvalue weighted by molar-refractivity contribution is -0.894. The molecule has 0 bridgehead atoms. The molecule has 4 heteroatoms. The highest BCUT2D eigenvalue weighted by atomic mass is 35.5. The fraction of sp³-hybridized carbons (Fsp3) is 0.294. The summed E-state index contributed by atoms with van der Waals surface area (Å²) in [7, 11) is 2.21. The van der Waals surface area contributed by atoms with Crippen molar-refractivity contribution in [3.8, 4) is 11.5 Å². The molecule has 2 heterocycles. The van der Waals surface area contributed by atoms with Gasteiger partial charge in [-0.1, -0.05) is 30.3 Å². The van der Waals surface area contributed by atoms with Crippen LogP contribution < -0.4 is 22.0 Å². The van der Waals surface area contributed by atoms with Crippen molar-refractivity contribution in [2.45, 2.75) is 12.6 Å². The van der Waals surface area contributed by atoms with Gasteiger partial charge in [0.15, 0.2) is 0 Å². The second kappa shape index (κ2) is 5.68. The number of hydrogen-bond donors (Lipinski definition) is 1. The van der Waals surface area contributed by atoms with Crippen molar-refractivity contribution in [3.63, 3.8) is 0 Å². The largest absolute Gasteiger partial charge is 1.00 e. The zero-order chi connectivity index (χ0) is 13.5. The number of ether oxygens (including phenoxy) is 2. The van der Waals surface area contributed by atoms with E-state index in [0.29, 0.717) is 0 Å². The lowest BCUT2D eigenvalue weighted by Gasteiger charge is -2.32. The van der Waals surface area contributed by atoms with Gasteiger partial charge in [0.1, 0.15) is 30.7 Å². The third-order valence-corrected chi connectivity index (χ3v) is 4.15. The fourth-order valence-electron chi connectivity index (χ4n) is 3.13. The summed E-state index contributed by atoms with van der Waals surface area (Å²) in [5.74, 6) is 1.87. The van der Waals surface area contributed by atoms with Gasteiger partial charge in [-0.3, -0.25) is 0 Å². The van der Waals surface area contributed by atoms with Gasteiger partial charge in [0.2, 0.25) is 0 Å². The Morgan fingerprint density at radius 2 is 1.86 bits per heavy atom.